The third-order valence-corrected chi connectivity index (χ3v) is 5.99. The fourth-order valence-corrected chi connectivity index (χ4v) is 3.90. The maximum absolute atomic E-state index is 12.1. The molecule has 3 rings (SSSR count). The van der Waals surface area contributed by atoms with Crippen LogP contribution in [0, 0.1) is 0 Å². The lowest BCUT2D eigenvalue weighted by Gasteiger charge is -2.25. The summed E-state index contributed by atoms with van der Waals surface area (Å²) in [6, 6.07) is 0. The number of rotatable bonds is 10. The Hall–Kier alpha value is -2.35. The van der Waals surface area contributed by atoms with E-state index in [4.69, 9.17) is 15.6 Å². The van der Waals surface area contributed by atoms with E-state index in [1.807, 2.05) is 0 Å². The number of aliphatic hydroxyl groups excluding tert-OH is 7. The molecule has 0 aromatic carbocycles. The first-order valence-electron chi connectivity index (χ1n) is 9.86. The van der Waals surface area contributed by atoms with E-state index in [1.54, 1.807) is 0 Å². The second-order valence-corrected chi connectivity index (χ2v) is 8.86. The third-order valence-electron chi connectivity index (χ3n) is 5.10. The minimum atomic E-state index is -5.27. The van der Waals surface area contributed by atoms with Gasteiger partial charge in [-0.15, -0.1) is 0 Å². The summed E-state index contributed by atoms with van der Waals surface area (Å²) in [7, 11) is -5.27. The molecule has 2 aromatic heterocycles. The smallest absolute Gasteiger partial charge is 0.394 e. The number of nitrogens with zero attached hydrogens (tertiary/aromatic N) is 4. The first kappa shape index (κ1) is 27.2. The molecule has 1 aliphatic heterocycles. The van der Waals surface area contributed by atoms with E-state index in [0.717, 1.165) is 6.33 Å². The van der Waals surface area contributed by atoms with Gasteiger partial charge in [0, 0.05) is 0 Å². The van der Waals surface area contributed by atoms with Crippen molar-refractivity contribution in [1.82, 2.24) is 19.5 Å². The monoisotopic (exact) mass is 525 g/mol. The molecule has 2 aromatic rings. The molecule has 1 saturated heterocycles. The molecule has 1 unspecified atom stereocenters. The molecule has 0 amide bonds. The number of phosphoric ester groups is 1. The molecule has 35 heavy (non-hydrogen) atoms. The van der Waals surface area contributed by atoms with Crippen LogP contribution in [0.2, 0.25) is 0 Å². The SMILES string of the molecule is Nc1ncnc2c1ncn2[C@@H]1O[C@H](COP(=O)(O)OC(=O)[C@H](O)[C@@H](O)[C@H](O)[C@H](O)CO)[C@@H](O)[C@H]1O. The molecule has 9 atom stereocenters. The number of hydrogen-bond donors (Lipinski definition) is 9. The lowest BCUT2D eigenvalue weighted by atomic mass is 10.0. The van der Waals surface area contributed by atoms with Crippen molar-refractivity contribution in [1.29, 1.82) is 0 Å². The summed E-state index contributed by atoms with van der Waals surface area (Å²) in [4.78, 5) is 33.3. The molecule has 0 saturated carbocycles. The van der Waals surface area contributed by atoms with Gasteiger partial charge in [0.1, 0.15) is 48.5 Å². The number of ether oxygens (including phenoxy) is 1. The van der Waals surface area contributed by atoms with Gasteiger partial charge in [0.25, 0.3) is 0 Å². The van der Waals surface area contributed by atoms with E-state index in [2.05, 4.69) is 24.0 Å². The average Bonchev–Trinajstić information content (AvgIpc) is 3.37. The number of carbonyl (C=O) groups excluding carboxylic acids is 1. The van der Waals surface area contributed by atoms with Crippen LogP contribution in [0.4, 0.5) is 5.82 Å². The summed E-state index contributed by atoms with van der Waals surface area (Å²) < 4.78 is 27.5. The number of nitrogens with two attached hydrogens (primary N) is 1. The summed E-state index contributed by atoms with van der Waals surface area (Å²) in [6.07, 6.45) is -12.7. The minimum Gasteiger partial charge on any atom is -0.394 e. The van der Waals surface area contributed by atoms with Gasteiger partial charge >= 0.3 is 13.8 Å². The molecule has 1 aliphatic rings. The molecule has 196 valence electrons. The van der Waals surface area contributed by atoms with Crippen LogP contribution in [0.3, 0.4) is 0 Å². The van der Waals surface area contributed by atoms with E-state index < -0.39 is 76.0 Å². The van der Waals surface area contributed by atoms with E-state index >= 15 is 0 Å². The Balaban J connectivity index is 1.61. The number of nitrogen functional groups attached to an aromatic ring is 1. The van der Waals surface area contributed by atoms with Gasteiger partial charge in [-0.1, -0.05) is 0 Å². The number of carbonyl (C=O) groups is 1. The zero-order chi connectivity index (χ0) is 26.1. The highest BCUT2D eigenvalue weighted by atomic mass is 31.2. The Morgan fingerprint density at radius 2 is 1.86 bits per heavy atom. The number of phosphoric acid groups is 1. The van der Waals surface area contributed by atoms with Crippen molar-refractivity contribution >= 4 is 30.8 Å². The lowest BCUT2D eigenvalue weighted by molar-refractivity contribution is -0.163. The fraction of sp³-hybridized carbons (Fsp3) is 0.625. The zero-order valence-corrected chi connectivity index (χ0v) is 18.5. The van der Waals surface area contributed by atoms with Gasteiger partial charge in [-0.2, -0.15) is 0 Å². The van der Waals surface area contributed by atoms with Gasteiger partial charge in [0.05, 0.1) is 19.5 Å². The van der Waals surface area contributed by atoms with Crippen molar-refractivity contribution < 1.29 is 63.8 Å². The van der Waals surface area contributed by atoms with Gasteiger partial charge in [-0.05, 0) is 0 Å². The molecule has 18 nitrogen and oxygen atoms in total. The van der Waals surface area contributed by atoms with Crippen molar-refractivity contribution in [2.24, 2.45) is 0 Å². The molecular weight excluding hydrogens is 501 g/mol. The summed E-state index contributed by atoms with van der Waals surface area (Å²) in [6.45, 7) is -1.91. The summed E-state index contributed by atoms with van der Waals surface area (Å²) in [5, 5.41) is 67.4. The highest BCUT2D eigenvalue weighted by molar-refractivity contribution is 7.48. The van der Waals surface area contributed by atoms with Gasteiger partial charge in [0.15, 0.2) is 23.8 Å². The fourth-order valence-electron chi connectivity index (χ4n) is 3.18. The highest BCUT2D eigenvalue weighted by Gasteiger charge is 2.46. The van der Waals surface area contributed by atoms with Crippen molar-refractivity contribution in [3.8, 4) is 0 Å². The summed E-state index contributed by atoms with van der Waals surface area (Å²) in [5.74, 6) is -1.85. The summed E-state index contributed by atoms with van der Waals surface area (Å²) in [5.41, 5.74) is 6.06. The predicted octanol–water partition coefficient (Wildman–Crippen LogP) is -4.88. The maximum Gasteiger partial charge on any atom is 0.529 e. The van der Waals surface area contributed by atoms with Crippen molar-refractivity contribution in [2.45, 2.75) is 49.0 Å². The van der Waals surface area contributed by atoms with E-state index in [0.29, 0.717) is 0 Å². The quantitative estimate of drug-likeness (QED) is 0.131. The zero-order valence-electron chi connectivity index (χ0n) is 17.6. The maximum atomic E-state index is 12.1. The van der Waals surface area contributed by atoms with Crippen LogP contribution in [0.1, 0.15) is 6.23 Å². The van der Waals surface area contributed by atoms with Crippen molar-refractivity contribution in [2.75, 3.05) is 18.9 Å². The number of aliphatic hydroxyl groups is 7. The van der Waals surface area contributed by atoms with E-state index in [-0.39, 0.29) is 17.0 Å². The van der Waals surface area contributed by atoms with Crippen LogP contribution >= 0.6 is 7.82 Å². The normalized spacial score (nSPS) is 27.8. The molecular formula is C16H24N5O13P. The first-order valence-corrected chi connectivity index (χ1v) is 11.4. The highest BCUT2D eigenvalue weighted by Crippen LogP contribution is 2.45. The molecule has 0 aliphatic carbocycles. The number of fused-ring (bicyclic) bond motifs is 1. The predicted molar refractivity (Wildman–Crippen MR) is 109 cm³/mol. The van der Waals surface area contributed by atoms with Crippen molar-refractivity contribution in [3.63, 3.8) is 0 Å². The number of aromatic nitrogens is 4. The Labute approximate surface area is 195 Å². The van der Waals surface area contributed by atoms with Crippen molar-refractivity contribution in [3.05, 3.63) is 12.7 Å². The minimum absolute atomic E-state index is 0.0513. The molecule has 0 bridgehead atoms. The van der Waals surface area contributed by atoms with E-state index in [9.17, 15) is 44.9 Å². The van der Waals surface area contributed by atoms with Crippen LogP contribution in [0.15, 0.2) is 12.7 Å². The Bertz CT molecular complexity index is 1090. The second kappa shape index (κ2) is 10.7. The van der Waals surface area contributed by atoms with Crippen LogP contribution in [0.5, 0.6) is 0 Å². The number of anilines is 1. The standard InChI is InChI=1S/C16H24N5O13P/c17-13-7-14(19-3-18-13)21(4-20-7)15-11(27)9(25)6(33-15)2-32-35(30,31)34-16(29)12(28)10(26)8(24)5(23)1-22/h3-6,8-12,15,22-28H,1-2H2,(H,30,31)(H2,17,18,19)/t5-,6-,8-,9-,10+,11-,12-,15-/m1/s1. The molecule has 19 heteroatoms. The van der Waals surface area contributed by atoms with Gasteiger partial charge in [0.2, 0.25) is 0 Å². The van der Waals surface area contributed by atoms with Gasteiger partial charge in [-0.3, -0.25) is 14.0 Å². The Kier molecular flexibility index (Phi) is 8.35. The summed E-state index contributed by atoms with van der Waals surface area (Å²) >= 11 is 0. The molecule has 3 heterocycles. The molecule has 0 radical (unpaired) electrons. The number of imidazole rings is 1. The topological polar surface area (TPSA) is 293 Å². The van der Waals surface area contributed by atoms with Crippen LogP contribution in [0.25, 0.3) is 11.2 Å². The lowest BCUT2D eigenvalue weighted by Crippen LogP contribution is -2.49. The van der Waals surface area contributed by atoms with Crippen LogP contribution in [-0.4, -0.2) is 122 Å². The van der Waals surface area contributed by atoms with Crippen LogP contribution in [-0.2, 0) is 23.1 Å². The molecule has 10 N–H and O–H groups in total. The third kappa shape index (κ3) is 5.74. The Morgan fingerprint density at radius 3 is 2.51 bits per heavy atom. The average molecular weight is 525 g/mol. The van der Waals surface area contributed by atoms with E-state index in [1.165, 1.54) is 10.9 Å². The molecule has 0 spiro atoms. The number of hydrogen-bond acceptors (Lipinski definition) is 16. The molecule has 1 fully saturated rings. The largest absolute Gasteiger partial charge is 0.529 e. The van der Waals surface area contributed by atoms with Crippen LogP contribution < -0.4 is 5.73 Å². The Morgan fingerprint density at radius 1 is 1.17 bits per heavy atom. The van der Waals surface area contributed by atoms with Gasteiger partial charge < -0.3 is 50.7 Å². The van der Waals surface area contributed by atoms with Gasteiger partial charge in [-0.25, -0.2) is 24.3 Å². The second-order valence-electron chi connectivity index (χ2n) is 7.48. The first-order chi connectivity index (χ1) is 16.4.